The van der Waals surface area contributed by atoms with E-state index in [0.717, 1.165) is 5.56 Å². The van der Waals surface area contributed by atoms with Crippen molar-refractivity contribution in [2.75, 3.05) is 6.61 Å². The molecule has 0 saturated heterocycles. The highest BCUT2D eigenvalue weighted by Crippen LogP contribution is 2.24. The average Bonchev–Trinajstić information content (AvgIpc) is 3.29. The molecule has 4 aromatic rings. The Kier molecular flexibility index (Phi) is 5.43. The number of halogens is 1. The zero-order chi connectivity index (χ0) is 20.9. The van der Waals surface area contributed by atoms with Crippen LogP contribution in [0.2, 0.25) is 0 Å². The molecule has 148 valence electrons. The van der Waals surface area contributed by atoms with Crippen molar-refractivity contribution in [2.45, 2.75) is 0 Å². The predicted molar refractivity (Wildman–Crippen MR) is 106 cm³/mol. The summed E-state index contributed by atoms with van der Waals surface area (Å²) in [5.74, 6) is -0.791. The Bertz CT molecular complexity index is 1170. The van der Waals surface area contributed by atoms with Gasteiger partial charge in [-0.25, -0.2) is 9.18 Å². The molecule has 30 heavy (non-hydrogen) atoms. The summed E-state index contributed by atoms with van der Waals surface area (Å²) in [5.41, 5.74) is 1.99. The molecule has 0 bridgehead atoms. The molecule has 0 fully saturated rings. The van der Waals surface area contributed by atoms with Crippen LogP contribution in [0.25, 0.3) is 22.9 Å². The topological polar surface area (TPSA) is 82.3 Å². The van der Waals surface area contributed by atoms with Crippen LogP contribution in [0, 0.1) is 5.82 Å². The number of rotatable bonds is 6. The lowest BCUT2D eigenvalue weighted by Gasteiger charge is -2.05. The summed E-state index contributed by atoms with van der Waals surface area (Å²) < 4.78 is 23.6. The number of ketones is 1. The molecule has 3 aromatic carbocycles. The average molecular weight is 402 g/mol. The van der Waals surface area contributed by atoms with Crippen molar-refractivity contribution in [1.29, 1.82) is 0 Å². The van der Waals surface area contributed by atoms with Gasteiger partial charge in [0.25, 0.3) is 0 Å². The minimum absolute atomic E-state index is 0.269. The van der Waals surface area contributed by atoms with Crippen molar-refractivity contribution in [2.24, 2.45) is 0 Å². The largest absolute Gasteiger partial charge is 0.454 e. The Hall–Kier alpha value is -4.13. The summed E-state index contributed by atoms with van der Waals surface area (Å²) in [7, 11) is 0. The van der Waals surface area contributed by atoms with Crippen LogP contribution in [0.15, 0.2) is 83.3 Å². The maximum absolute atomic E-state index is 12.9. The SMILES string of the molecule is O=C(COC(=O)c1ccc(-c2nnc(-c3ccccc3)o2)cc1)c1ccc(F)cc1. The summed E-state index contributed by atoms with van der Waals surface area (Å²) in [5, 5.41) is 8.07. The van der Waals surface area contributed by atoms with Gasteiger partial charge in [-0.3, -0.25) is 4.79 Å². The highest BCUT2D eigenvalue weighted by Gasteiger charge is 2.14. The molecule has 4 rings (SSSR count). The number of aromatic nitrogens is 2. The third kappa shape index (κ3) is 4.30. The minimum atomic E-state index is -0.646. The van der Waals surface area contributed by atoms with E-state index in [4.69, 9.17) is 9.15 Å². The Labute approximate surface area is 171 Å². The Balaban J connectivity index is 1.39. The molecule has 0 aliphatic carbocycles. The van der Waals surface area contributed by atoms with Crippen molar-refractivity contribution < 1.29 is 23.1 Å². The highest BCUT2D eigenvalue weighted by molar-refractivity contribution is 5.99. The van der Waals surface area contributed by atoms with Crippen LogP contribution in [0.3, 0.4) is 0 Å². The number of carbonyl (C=O) groups is 2. The normalized spacial score (nSPS) is 10.6. The zero-order valence-corrected chi connectivity index (χ0v) is 15.6. The Morgan fingerprint density at radius 1 is 0.767 bits per heavy atom. The van der Waals surface area contributed by atoms with Gasteiger partial charge in [0.05, 0.1) is 5.56 Å². The second-order valence-electron chi connectivity index (χ2n) is 6.36. The van der Waals surface area contributed by atoms with Crippen LogP contribution in [0.4, 0.5) is 4.39 Å². The Morgan fingerprint density at radius 3 is 1.97 bits per heavy atom. The van der Waals surface area contributed by atoms with Crippen LogP contribution in [-0.2, 0) is 4.74 Å². The summed E-state index contributed by atoms with van der Waals surface area (Å²) in [4.78, 5) is 24.2. The van der Waals surface area contributed by atoms with Gasteiger partial charge in [0.1, 0.15) is 5.82 Å². The van der Waals surface area contributed by atoms with Crippen LogP contribution in [-0.4, -0.2) is 28.6 Å². The number of benzene rings is 3. The molecule has 0 spiro atoms. The molecule has 0 radical (unpaired) electrons. The third-order valence-electron chi connectivity index (χ3n) is 4.31. The summed E-state index contributed by atoms with van der Waals surface area (Å²) in [6.07, 6.45) is 0. The van der Waals surface area contributed by atoms with Crippen LogP contribution in [0.1, 0.15) is 20.7 Å². The second-order valence-corrected chi connectivity index (χ2v) is 6.36. The van der Waals surface area contributed by atoms with E-state index < -0.39 is 24.2 Å². The lowest BCUT2D eigenvalue weighted by Crippen LogP contribution is -2.14. The summed E-state index contributed by atoms with van der Waals surface area (Å²) in [6, 6.07) is 20.8. The van der Waals surface area contributed by atoms with Crippen LogP contribution in [0.5, 0.6) is 0 Å². The van der Waals surface area contributed by atoms with Gasteiger partial charge >= 0.3 is 5.97 Å². The van der Waals surface area contributed by atoms with Crippen molar-refractivity contribution in [1.82, 2.24) is 10.2 Å². The molecular formula is C23H15FN2O4. The van der Waals surface area contributed by atoms with Gasteiger partial charge < -0.3 is 9.15 Å². The molecule has 0 unspecified atom stereocenters. The number of hydrogen-bond donors (Lipinski definition) is 0. The van der Waals surface area contributed by atoms with E-state index in [-0.39, 0.29) is 11.1 Å². The third-order valence-corrected chi connectivity index (χ3v) is 4.31. The van der Waals surface area contributed by atoms with Crippen LogP contribution >= 0.6 is 0 Å². The number of hydrogen-bond acceptors (Lipinski definition) is 6. The first-order chi connectivity index (χ1) is 14.6. The second kappa shape index (κ2) is 8.48. The van der Waals surface area contributed by atoms with E-state index in [0.29, 0.717) is 17.3 Å². The van der Waals surface area contributed by atoms with Crippen molar-refractivity contribution >= 4 is 11.8 Å². The fourth-order valence-electron chi connectivity index (χ4n) is 2.72. The lowest BCUT2D eigenvalue weighted by atomic mass is 10.1. The molecule has 1 aromatic heterocycles. The lowest BCUT2D eigenvalue weighted by molar-refractivity contribution is 0.0474. The van der Waals surface area contributed by atoms with E-state index >= 15 is 0 Å². The molecule has 0 amide bonds. The molecule has 0 N–H and O–H groups in total. The van der Waals surface area contributed by atoms with Crippen molar-refractivity contribution in [3.8, 4) is 22.9 Å². The molecule has 0 aliphatic heterocycles. The standard InChI is InChI=1S/C23H15FN2O4/c24-19-12-10-15(11-13-19)20(27)14-29-23(28)18-8-6-17(7-9-18)22-26-25-21(30-22)16-4-2-1-3-5-16/h1-13H,14H2. The van der Waals surface area contributed by atoms with E-state index in [1.54, 1.807) is 24.3 Å². The quantitative estimate of drug-likeness (QED) is 0.347. The number of Topliss-reactive ketones (excluding diaryl/α,β-unsaturated/α-hetero) is 1. The van der Waals surface area contributed by atoms with Gasteiger partial charge in [0, 0.05) is 16.7 Å². The van der Waals surface area contributed by atoms with E-state index in [2.05, 4.69) is 10.2 Å². The monoisotopic (exact) mass is 402 g/mol. The highest BCUT2D eigenvalue weighted by atomic mass is 19.1. The Morgan fingerprint density at radius 2 is 1.33 bits per heavy atom. The fraction of sp³-hybridized carbons (Fsp3) is 0.0435. The van der Waals surface area contributed by atoms with Gasteiger partial charge in [-0.15, -0.1) is 10.2 Å². The van der Waals surface area contributed by atoms with E-state index in [9.17, 15) is 14.0 Å². The van der Waals surface area contributed by atoms with Gasteiger partial charge in [-0.05, 0) is 60.7 Å². The fourth-order valence-corrected chi connectivity index (χ4v) is 2.72. The van der Waals surface area contributed by atoms with E-state index in [1.165, 1.54) is 24.3 Å². The maximum atomic E-state index is 12.9. The number of ether oxygens (including phenoxy) is 1. The summed E-state index contributed by atoms with van der Waals surface area (Å²) in [6.45, 7) is -0.434. The smallest absolute Gasteiger partial charge is 0.338 e. The molecular weight excluding hydrogens is 387 g/mol. The van der Waals surface area contributed by atoms with Crippen molar-refractivity contribution in [3.63, 3.8) is 0 Å². The number of nitrogens with zero attached hydrogens (tertiary/aromatic N) is 2. The molecule has 0 aliphatic rings. The van der Waals surface area contributed by atoms with Gasteiger partial charge in [0.2, 0.25) is 11.8 Å². The van der Waals surface area contributed by atoms with Gasteiger partial charge in [-0.2, -0.15) is 0 Å². The molecule has 7 heteroatoms. The summed E-state index contributed by atoms with van der Waals surface area (Å²) >= 11 is 0. The molecule has 0 atom stereocenters. The number of esters is 1. The first kappa shape index (κ1) is 19.2. The van der Waals surface area contributed by atoms with Crippen LogP contribution < -0.4 is 0 Å². The maximum Gasteiger partial charge on any atom is 0.338 e. The van der Waals surface area contributed by atoms with Crippen molar-refractivity contribution in [3.05, 3.63) is 95.8 Å². The number of carbonyl (C=O) groups excluding carboxylic acids is 2. The minimum Gasteiger partial charge on any atom is -0.454 e. The van der Waals surface area contributed by atoms with E-state index in [1.807, 2.05) is 30.3 Å². The molecule has 0 saturated carbocycles. The molecule has 1 heterocycles. The van der Waals surface area contributed by atoms with Gasteiger partial charge in [-0.1, -0.05) is 18.2 Å². The van der Waals surface area contributed by atoms with Gasteiger partial charge in [0.15, 0.2) is 12.4 Å². The zero-order valence-electron chi connectivity index (χ0n) is 15.6. The first-order valence-corrected chi connectivity index (χ1v) is 9.05. The molecule has 6 nitrogen and oxygen atoms in total. The first-order valence-electron chi connectivity index (χ1n) is 9.05. The predicted octanol–water partition coefficient (Wildman–Crippen LogP) is 4.58.